The number of unbranched alkanes of at least 4 members (excludes halogenated alkanes) is 1. The summed E-state index contributed by atoms with van der Waals surface area (Å²) in [5.41, 5.74) is 3.88. The van der Waals surface area contributed by atoms with E-state index in [4.69, 9.17) is 4.74 Å². The lowest BCUT2D eigenvalue weighted by molar-refractivity contribution is 0.202. The third-order valence-electron chi connectivity index (χ3n) is 2.83. The van der Waals surface area contributed by atoms with Crippen LogP contribution in [0.1, 0.15) is 37.3 Å². The van der Waals surface area contributed by atoms with Crippen LogP contribution in [0.15, 0.2) is 42.5 Å². The minimum Gasteiger partial charge on any atom is -0.384 e. The van der Waals surface area contributed by atoms with Crippen molar-refractivity contribution in [1.82, 2.24) is 0 Å². The maximum atomic E-state index is 5.09. The van der Waals surface area contributed by atoms with Crippen LogP contribution in [0.5, 0.6) is 0 Å². The molecule has 0 aliphatic rings. The van der Waals surface area contributed by atoms with Gasteiger partial charge >= 0.3 is 0 Å². The lowest BCUT2D eigenvalue weighted by Crippen LogP contribution is -1.94. The number of hydrogen-bond acceptors (Lipinski definition) is 1. The summed E-state index contributed by atoms with van der Waals surface area (Å²) >= 11 is 0. The smallest absolute Gasteiger partial charge is 0.0502 e. The average Bonchev–Trinajstić information content (AvgIpc) is 2.36. The normalized spacial score (nSPS) is 11.0. The van der Waals surface area contributed by atoms with Crippen molar-refractivity contribution in [1.29, 1.82) is 0 Å². The maximum Gasteiger partial charge on any atom is 0.0502 e. The first kappa shape index (κ1) is 14.7. The Morgan fingerprint density at radius 2 is 2.22 bits per heavy atom. The van der Waals surface area contributed by atoms with Gasteiger partial charge in [-0.2, -0.15) is 0 Å². The van der Waals surface area contributed by atoms with E-state index in [9.17, 15) is 0 Å². The molecule has 1 heteroatoms. The first-order valence-corrected chi connectivity index (χ1v) is 6.61. The molecule has 0 bridgehead atoms. The standard InChI is InChI=1S/C17H24O/c1-15(2)8-5-4-6-9-16-10-7-11-17(14-16)12-13-18-3/h6-7,9-11,14H,1,4-5,8,12-13H2,2-3H3/b9-6+. The third kappa shape index (κ3) is 6.41. The summed E-state index contributed by atoms with van der Waals surface area (Å²) in [6.45, 7) is 6.78. The Morgan fingerprint density at radius 3 is 2.94 bits per heavy atom. The van der Waals surface area contributed by atoms with Crippen molar-refractivity contribution in [3.8, 4) is 0 Å². The third-order valence-corrected chi connectivity index (χ3v) is 2.83. The Morgan fingerprint density at radius 1 is 1.39 bits per heavy atom. The van der Waals surface area contributed by atoms with Crippen LogP contribution in [-0.2, 0) is 11.2 Å². The molecule has 0 heterocycles. The second-order valence-electron chi connectivity index (χ2n) is 4.74. The molecule has 1 nitrogen and oxygen atoms in total. The largest absolute Gasteiger partial charge is 0.384 e. The van der Waals surface area contributed by atoms with Gasteiger partial charge in [-0.3, -0.25) is 0 Å². The van der Waals surface area contributed by atoms with Gasteiger partial charge in [0.2, 0.25) is 0 Å². The first-order valence-electron chi connectivity index (χ1n) is 6.61. The summed E-state index contributed by atoms with van der Waals surface area (Å²) in [6.07, 6.45) is 8.86. The molecule has 98 valence electrons. The minimum atomic E-state index is 0.784. The Kier molecular flexibility index (Phi) is 7.12. The molecule has 1 aromatic rings. The highest BCUT2D eigenvalue weighted by Crippen LogP contribution is 2.10. The molecule has 0 saturated heterocycles. The Labute approximate surface area is 111 Å². The fraction of sp³-hybridized carbons (Fsp3) is 0.412. The van der Waals surface area contributed by atoms with Crippen molar-refractivity contribution in [2.75, 3.05) is 13.7 Å². The molecule has 0 fully saturated rings. The summed E-state index contributed by atoms with van der Waals surface area (Å²) in [5.74, 6) is 0. The van der Waals surface area contributed by atoms with Crippen LogP contribution in [0.3, 0.4) is 0 Å². The topological polar surface area (TPSA) is 9.23 Å². The van der Waals surface area contributed by atoms with Gasteiger partial charge in [0.15, 0.2) is 0 Å². The summed E-state index contributed by atoms with van der Waals surface area (Å²) in [6, 6.07) is 8.63. The second kappa shape index (κ2) is 8.71. The van der Waals surface area contributed by atoms with Gasteiger partial charge < -0.3 is 4.74 Å². The van der Waals surface area contributed by atoms with Crippen LogP contribution >= 0.6 is 0 Å². The molecular formula is C17H24O. The quantitative estimate of drug-likeness (QED) is 0.478. The molecule has 1 aromatic carbocycles. The van der Waals surface area contributed by atoms with E-state index in [0.29, 0.717) is 0 Å². The molecule has 1 rings (SSSR count). The van der Waals surface area contributed by atoms with Gasteiger partial charge in [-0.05, 0) is 43.7 Å². The van der Waals surface area contributed by atoms with E-state index < -0.39 is 0 Å². The van der Waals surface area contributed by atoms with Crippen LogP contribution in [0.4, 0.5) is 0 Å². The molecule has 0 saturated carbocycles. The zero-order valence-corrected chi connectivity index (χ0v) is 11.6. The summed E-state index contributed by atoms with van der Waals surface area (Å²) in [4.78, 5) is 0. The van der Waals surface area contributed by atoms with Crippen LogP contribution < -0.4 is 0 Å². The molecular weight excluding hydrogens is 220 g/mol. The van der Waals surface area contributed by atoms with Crippen molar-refractivity contribution < 1.29 is 4.74 Å². The van der Waals surface area contributed by atoms with Gasteiger partial charge in [-0.1, -0.05) is 42.0 Å². The highest BCUT2D eigenvalue weighted by Gasteiger charge is 1.93. The molecule has 0 N–H and O–H groups in total. The van der Waals surface area contributed by atoms with Crippen LogP contribution in [-0.4, -0.2) is 13.7 Å². The molecule has 0 radical (unpaired) electrons. The second-order valence-corrected chi connectivity index (χ2v) is 4.74. The predicted molar refractivity (Wildman–Crippen MR) is 79.7 cm³/mol. The van der Waals surface area contributed by atoms with Crippen LogP contribution in [0.25, 0.3) is 6.08 Å². The van der Waals surface area contributed by atoms with Gasteiger partial charge in [-0.15, -0.1) is 6.58 Å². The summed E-state index contributed by atoms with van der Waals surface area (Å²) in [5, 5.41) is 0. The Hall–Kier alpha value is -1.34. The fourth-order valence-electron chi connectivity index (χ4n) is 1.81. The van der Waals surface area contributed by atoms with E-state index in [0.717, 1.165) is 25.9 Å². The van der Waals surface area contributed by atoms with Gasteiger partial charge in [-0.25, -0.2) is 0 Å². The maximum absolute atomic E-state index is 5.09. The molecule has 18 heavy (non-hydrogen) atoms. The number of ether oxygens (including phenoxy) is 1. The SMILES string of the molecule is C=C(C)CCC/C=C/c1cccc(CCOC)c1. The van der Waals surface area contributed by atoms with Crippen molar-refractivity contribution >= 4 is 6.08 Å². The Bertz CT molecular complexity index is 390. The van der Waals surface area contributed by atoms with E-state index in [1.807, 2.05) is 0 Å². The number of methoxy groups -OCH3 is 1. The molecule has 0 amide bonds. The predicted octanol–water partition coefficient (Wildman–Crippen LogP) is 4.64. The summed E-state index contributed by atoms with van der Waals surface area (Å²) in [7, 11) is 1.74. The Balaban J connectivity index is 2.41. The van der Waals surface area contributed by atoms with E-state index in [-0.39, 0.29) is 0 Å². The van der Waals surface area contributed by atoms with Crippen molar-refractivity contribution in [2.45, 2.75) is 32.6 Å². The number of rotatable bonds is 8. The monoisotopic (exact) mass is 244 g/mol. The van der Waals surface area contributed by atoms with Crippen molar-refractivity contribution in [2.24, 2.45) is 0 Å². The number of benzene rings is 1. The number of allylic oxidation sites excluding steroid dienone is 2. The van der Waals surface area contributed by atoms with Crippen molar-refractivity contribution in [3.05, 3.63) is 53.6 Å². The molecule has 0 aliphatic carbocycles. The first-order chi connectivity index (χ1) is 8.72. The van der Waals surface area contributed by atoms with Gasteiger partial charge in [0, 0.05) is 7.11 Å². The molecule has 0 spiro atoms. The molecule has 0 aromatic heterocycles. The highest BCUT2D eigenvalue weighted by atomic mass is 16.5. The van der Waals surface area contributed by atoms with E-state index >= 15 is 0 Å². The zero-order valence-electron chi connectivity index (χ0n) is 11.6. The molecule has 0 atom stereocenters. The van der Waals surface area contributed by atoms with E-state index in [1.54, 1.807) is 7.11 Å². The van der Waals surface area contributed by atoms with Gasteiger partial charge in [0.05, 0.1) is 6.61 Å². The zero-order chi connectivity index (χ0) is 13.2. The van der Waals surface area contributed by atoms with Gasteiger partial charge in [0.1, 0.15) is 0 Å². The van der Waals surface area contributed by atoms with Crippen LogP contribution in [0.2, 0.25) is 0 Å². The van der Waals surface area contributed by atoms with E-state index in [2.05, 4.69) is 49.9 Å². The lowest BCUT2D eigenvalue weighted by Gasteiger charge is -2.02. The summed E-state index contributed by atoms with van der Waals surface area (Å²) < 4.78 is 5.09. The lowest BCUT2D eigenvalue weighted by atomic mass is 10.1. The van der Waals surface area contributed by atoms with Crippen molar-refractivity contribution in [3.63, 3.8) is 0 Å². The highest BCUT2D eigenvalue weighted by molar-refractivity contribution is 5.50. The molecule has 0 unspecified atom stereocenters. The minimum absolute atomic E-state index is 0.784. The van der Waals surface area contributed by atoms with Crippen LogP contribution in [0, 0.1) is 0 Å². The van der Waals surface area contributed by atoms with Gasteiger partial charge in [0.25, 0.3) is 0 Å². The number of hydrogen-bond donors (Lipinski definition) is 0. The van der Waals surface area contributed by atoms with E-state index in [1.165, 1.54) is 23.1 Å². The fourth-order valence-corrected chi connectivity index (χ4v) is 1.81. The average molecular weight is 244 g/mol. The molecule has 0 aliphatic heterocycles.